The summed E-state index contributed by atoms with van der Waals surface area (Å²) in [6.07, 6.45) is -4.92. The molecule has 1 saturated heterocycles. The molecule has 4 nitrogen and oxygen atoms in total. The molecular weight excluding hydrogens is 323 g/mol. The minimum atomic E-state index is -4.41. The zero-order valence-electron chi connectivity index (χ0n) is 14.3. The van der Waals surface area contributed by atoms with Crippen LogP contribution >= 0.6 is 0 Å². The van der Waals surface area contributed by atoms with Gasteiger partial charge in [0.05, 0.1) is 17.9 Å². The van der Waals surface area contributed by atoms with Crippen LogP contribution in [0, 0.1) is 23.2 Å². The molecule has 0 aromatic carbocycles. The summed E-state index contributed by atoms with van der Waals surface area (Å²) in [4.78, 5) is 13.9. The smallest absolute Gasteiger partial charge is 0.392 e. The van der Waals surface area contributed by atoms with E-state index in [1.54, 1.807) is 25.7 Å². The Balaban J connectivity index is 1.80. The molecule has 1 aliphatic heterocycles. The lowest BCUT2D eigenvalue weighted by Gasteiger charge is -2.44. The lowest BCUT2D eigenvalue weighted by Crippen LogP contribution is -2.55. The summed E-state index contributed by atoms with van der Waals surface area (Å²) in [5.41, 5.74) is -0.649. The van der Waals surface area contributed by atoms with Crippen molar-refractivity contribution in [3.63, 3.8) is 0 Å². The number of ether oxygens (including phenoxy) is 1. The van der Waals surface area contributed by atoms with E-state index in [4.69, 9.17) is 4.74 Å². The highest BCUT2D eigenvalue weighted by Gasteiger charge is 2.57. The van der Waals surface area contributed by atoms with Gasteiger partial charge in [0.1, 0.15) is 12.3 Å². The molecule has 6 atom stereocenters. The van der Waals surface area contributed by atoms with E-state index in [0.717, 1.165) is 19.3 Å². The van der Waals surface area contributed by atoms with E-state index in [1.165, 1.54) is 0 Å². The van der Waals surface area contributed by atoms with Crippen LogP contribution in [0.5, 0.6) is 0 Å². The van der Waals surface area contributed by atoms with Crippen LogP contribution in [0.4, 0.5) is 13.2 Å². The summed E-state index contributed by atoms with van der Waals surface area (Å²) in [5.74, 6) is 0.372. The summed E-state index contributed by atoms with van der Waals surface area (Å²) in [7, 11) is 0. The number of rotatable bonds is 3. The maximum absolute atomic E-state index is 12.7. The van der Waals surface area contributed by atoms with Crippen molar-refractivity contribution in [2.24, 2.45) is 23.2 Å². The average Bonchev–Trinajstić information content (AvgIpc) is 2.57. The van der Waals surface area contributed by atoms with Gasteiger partial charge in [0.25, 0.3) is 0 Å². The quantitative estimate of drug-likeness (QED) is 0.796. The van der Waals surface area contributed by atoms with Gasteiger partial charge in [-0.25, -0.2) is 0 Å². The molecule has 2 saturated carbocycles. The van der Waals surface area contributed by atoms with Crippen molar-refractivity contribution in [2.45, 2.75) is 71.0 Å². The maximum Gasteiger partial charge on any atom is 0.392 e. The number of halogens is 3. The number of alkyl halides is 3. The van der Waals surface area contributed by atoms with Crippen molar-refractivity contribution in [3.8, 4) is 0 Å². The molecule has 3 aliphatic rings. The molecular formula is C17H26F3NO3. The van der Waals surface area contributed by atoms with E-state index < -0.39 is 30.3 Å². The van der Waals surface area contributed by atoms with Crippen molar-refractivity contribution in [2.75, 3.05) is 6.54 Å². The van der Waals surface area contributed by atoms with Gasteiger partial charge in [-0.1, -0.05) is 0 Å². The van der Waals surface area contributed by atoms with Gasteiger partial charge >= 0.3 is 12.1 Å². The Bertz CT molecular complexity index is 502. The molecule has 3 fully saturated rings. The fraction of sp³-hybridized carbons (Fsp3) is 0.941. The number of esters is 1. The van der Waals surface area contributed by atoms with Crippen LogP contribution in [0.25, 0.3) is 0 Å². The Morgan fingerprint density at radius 2 is 1.83 bits per heavy atom. The first-order chi connectivity index (χ1) is 11.0. The third-order valence-electron chi connectivity index (χ3n) is 5.67. The van der Waals surface area contributed by atoms with E-state index in [9.17, 15) is 23.1 Å². The van der Waals surface area contributed by atoms with Gasteiger partial charge in [-0.05, 0) is 57.8 Å². The van der Waals surface area contributed by atoms with Gasteiger partial charge in [-0.3, -0.25) is 9.69 Å². The lowest BCUT2D eigenvalue weighted by atomic mass is 9.77. The second kappa shape index (κ2) is 5.87. The van der Waals surface area contributed by atoms with Crippen LogP contribution in [0.3, 0.4) is 0 Å². The zero-order valence-corrected chi connectivity index (χ0v) is 14.3. The molecule has 3 unspecified atom stereocenters. The first-order valence-electron chi connectivity index (χ1n) is 8.67. The summed E-state index contributed by atoms with van der Waals surface area (Å²) in [6.45, 7) is 5.76. The van der Waals surface area contributed by atoms with E-state index in [0.29, 0.717) is 6.54 Å². The Hall–Kier alpha value is -0.820. The molecule has 0 radical (unpaired) electrons. The van der Waals surface area contributed by atoms with Crippen molar-refractivity contribution < 1.29 is 27.8 Å². The third kappa shape index (κ3) is 3.43. The number of likely N-dealkylation sites (tertiary alicyclic amines) is 1. The van der Waals surface area contributed by atoms with Crippen LogP contribution in [-0.2, 0) is 9.53 Å². The molecule has 1 heterocycles. The lowest BCUT2D eigenvalue weighted by molar-refractivity contribution is -0.193. The van der Waals surface area contributed by atoms with E-state index in [-0.39, 0.29) is 29.8 Å². The SMILES string of the molecule is CC(C)(C)C(=O)O[C@@H]1C2[C@H]3CC(C[C@@H]1C3)CN2C(O)CC(F)(F)F. The molecule has 138 valence electrons. The minimum absolute atomic E-state index is 0.202. The molecule has 24 heavy (non-hydrogen) atoms. The van der Waals surface area contributed by atoms with Gasteiger partial charge in [-0.2, -0.15) is 13.2 Å². The summed E-state index contributed by atoms with van der Waals surface area (Å²) in [5, 5.41) is 10.2. The Morgan fingerprint density at radius 1 is 1.21 bits per heavy atom. The predicted molar refractivity (Wildman–Crippen MR) is 80.8 cm³/mol. The number of aliphatic hydroxyl groups excluding tert-OH is 1. The largest absolute Gasteiger partial charge is 0.460 e. The van der Waals surface area contributed by atoms with Crippen LogP contribution in [0.15, 0.2) is 0 Å². The second-order valence-corrected chi connectivity index (χ2v) is 8.70. The molecule has 0 aromatic rings. The van der Waals surface area contributed by atoms with Crippen molar-refractivity contribution >= 4 is 5.97 Å². The summed E-state index contributed by atoms with van der Waals surface area (Å²) >= 11 is 0. The number of fused-ring (bicyclic) bond motifs is 2. The Labute approximate surface area is 140 Å². The highest BCUT2D eigenvalue weighted by molar-refractivity contribution is 5.75. The molecule has 3 rings (SSSR count). The van der Waals surface area contributed by atoms with Crippen LogP contribution in [-0.4, -0.2) is 47.1 Å². The van der Waals surface area contributed by atoms with Gasteiger partial charge in [-0.15, -0.1) is 0 Å². The summed E-state index contributed by atoms with van der Waals surface area (Å²) < 4.78 is 43.9. The fourth-order valence-corrected chi connectivity index (χ4v) is 4.77. The highest BCUT2D eigenvalue weighted by Crippen LogP contribution is 2.53. The molecule has 3 bridgehead atoms. The van der Waals surface area contributed by atoms with Crippen LogP contribution in [0.2, 0.25) is 0 Å². The summed E-state index contributed by atoms with van der Waals surface area (Å²) in [6, 6.07) is -0.294. The van der Waals surface area contributed by atoms with Gasteiger partial charge in [0, 0.05) is 6.54 Å². The molecule has 0 aromatic heterocycles. The second-order valence-electron chi connectivity index (χ2n) is 8.70. The number of hydrogen-bond acceptors (Lipinski definition) is 4. The predicted octanol–water partition coefficient (Wildman–Crippen LogP) is 2.95. The zero-order chi connectivity index (χ0) is 17.9. The van der Waals surface area contributed by atoms with Gasteiger partial charge < -0.3 is 9.84 Å². The van der Waals surface area contributed by atoms with Crippen molar-refractivity contribution in [1.82, 2.24) is 4.90 Å². The molecule has 1 N–H and O–H groups in total. The highest BCUT2D eigenvalue weighted by atomic mass is 19.4. The van der Waals surface area contributed by atoms with Crippen molar-refractivity contribution in [1.29, 1.82) is 0 Å². The number of carbonyl (C=O) groups is 1. The number of hydrogen-bond donors (Lipinski definition) is 1. The van der Waals surface area contributed by atoms with Crippen LogP contribution in [0.1, 0.15) is 46.5 Å². The topological polar surface area (TPSA) is 49.8 Å². The Kier molecular flexibility index (Phi) is 4.40. The first-order valence-corrected chi connectivity index (χ1v) is 8.67. The standard InChI is InChI=1S/C17H26F3NO3/c1-16(2,3)15(23)24-14-11-5-9-4-10(6-11)13(14)21(8-9)12(22)7-17(18,19)20/h9-14,22H,4-8H2,1-3H3/t9?,10-,11+,12?,13?,14-/m0/s1. The number of aliphatic hydroxyl groups is 1. The first kappa shape index (κ1) is 18.0. The van der Waals surface area contributed by atoms with Crippen LogP contribution < -0.4 is 0 Å². The molecule has 7 heteroatoms. The third-order valence-corrected chi connectivity index (χ3v) is 5.67. The van der Waals surface area contributed by atoms with Gasteiger partial charge in [0.15, 0.2) is 0 Å². The maximum atomic E-state index is 12.7. The fourth-order valence-electron chi connectivity index (χ4n) is 4.77. The van der Waals surface area contributed by atoms with E-state index in [2.05, 4.69) is 0 Å². The van der Waals surface area contributed by atoms with Crippen molar-refractivity contribution in [3.05, 3.63) is 0 Å². The molecule has 0 spiro atoms. The normalized spacial score (nSPS) is 37.5. The molecule has 0 amide bonds. The number of nitrogens with zero attached hydrogens (tertiary/aromatic N) is 1. The van der Waals surface area contributed by atoms with Gasteiger partial charge in [0.2, 0.25) is 0 Å². The van der Waals surface area contributed by atoms with E-state index >= 15 is 0 Å². The average molecular weight is 349 g/mol. The minimum Gasteiger partial charge on any atom is -0.460 e. The number of carbonyl (C=O) groups excluding carboxylic acids is 1. The monoisotopic (exact) mass is 349 g/mol. The number of piperidine rings is 1. The van der Waals surface area contributed by atoms with E-state index in [1.807, 2.05) is 0 Å². The Morgan fingerprint density at radius 3 is 2.42 bits per heavy atom. The molecule has 2 aliphatic carbocycles.